The maximum Gasteiger partial charge on any atom is 0.323 e. The molecule has 1 saturated heterocycles. The van der Waals surface area contributed by atoms with Gasteiger partial charge in [-0.2, -0.15) is 0 Å². The molecule has 0 radical (unpaired) electrons. The number of nitrogens with two attached hydrogens (primary N) is 1. The molecule has 0 aromatic heterocycles. The molecular weight excluding hydrogens is 530 g/mol. The van der Waals surface area contributed by atoms with Crippen LogP contribution in [0.2, 0.25) is 0 Å². The maximum absolute atomic E-state index is 13.4. The van der Waals surface area contributed by atoms with Crippen LogP contribution in [-0.2, 0) is 14.3 Å². The van der Waals surface area contributed by atoms with Crippen molar-refractivity contribution in [3.05, 3.63) is 0 Å². The van der Waals surface area contributed by atoms with E-state index < -0.39 is 29.5 Å². The van der Waals surface area contributed by atoms with Gasteiger partial charge in [0.1, 0.15) is 12.1 Å². The van der Waals surface area contributed by atoms with Gasteiger partial charge in [0.05, 0.1) is 29.5 Å². The smallest absolute Gasteiger partial charge is 0.323 e. The topological polar surface area (TPSA) is 122 Å². The highest BCUT2D eigenvalue weighted by Crippen LogP contribution is 2.89. The maximum atomic E-state index is 13.4. The minimum atomic E-state index is -0.923. The van der Waals surface area contributed by atoms with Gasteiger partial charge in [0.25, 0.3) is 0 Å². The summed E-state index contributed by atoms with van der Waals surface area (Å²) in [7, 11) is 0. The van der Waals surface area contributed by atoms with Gasteiger partial charge in [-0.3, -0.25) is 4.79 Å². The number of hydrogen-bond donors (Lipinski definition) is 4. The predicted molar refractivity (Wildman–Crippen MR) is 161 cm³/mol. The first-order valence-electron chi connectivity index (χ1n) is 16.9. The second-order valence-electron chi connectivity index (χ2n) is 18.1. The quantitative estimate of drug-likeness (QED) is 0.334. The molecule has 0 aromatic carbocycles. The van der Waals surface area contributed by atoms with Gasteiger partial charge in [0.15, 0.2) is 0 Å². The van der Waals surface area contributed by atoms with Crippen LogP contribution in [0.15, 0.2) is 0 Å². The number of hydrogen-bond acceptors (Lipinski definition) is 7. The lowest BCUT2D eigenvalue weighted by Crippen LogP contribution is -2.63. The van der Waals surface area contributed by atoms with E-state index in [2.05, 4.69) is 34.6 Å². The van der Waals surface area contributed by atoms with E-state index >= 15 is 0 Å². The van der Waals surface area contributed by atoms with Crippen LogP contribution in [0.3, 0.4) is 0 Å². The number of ether oxygens (including phenoxy) is 2. The van der Waals surface area contributed by atoms with Gasteiger partial charge in [-0.15, -0.1) is 0 Å². The van der Waals surface area contributed by atoms with Crippen LogP contribution < -0.4 is 5.73 Å². The number of rotatable bonds is 5. The molecule has 6 aliphatic rings. The summed E-state index contributed by atoms with van der Waals surface area (Å²) >= 11 is 0. The Morgan fingerprint density at radius 1 is 0.952 bits per heavy atom. The highest BCUT2D eigenvalue weighted by atomic mass is 16.5. The Kier molecular flexibility index (Phi) is 6.83. The van der Waals surface area contributed by atoms with E-state index in [1.165, 1.54) is 0 Å². The van der Waals surface area contributed by atoms with Crippen molar-refractivity contribution in [2.75, 3.05) is 0 Å². The Bertz CT molecular complexity index is 1120. The predicted octanol–water partition coefficient (Wildman–Crippen LogP) is 4.97. The molecule has 5 N–H and O–H groups in total. The van der Waals surface area contributed by atoms with E-state index in [4.69, 9.17) is 15.2 Å². The van der Waals surface area contributed by atoms with Crippen LogP contribution in [-0.4, -0.2) is 62.9 Å². The molecule has 6 fully saturated rings. The first-order chi connectivity index (χ1) is 19.2. The van der Waals surface area contributed by atoms with Crippen LogP contribution in [0.4, 0.5) is 0 Å². The lowest BCUT2D eigenvalue weighted by Gasteiger charge is -2.64. The van der Waals surface area contributed by atoms with Crippen molar-refractivity contribution in [2.24, 2.45) is 56.5 Å². The van der Waals surface area contributed by atoms with Crippen LogP contribution in [0, 0.1) is 50.7 Å². The summed E-state index contributed by atoms with van der Waals surface area (Å²) in [6.45, 7) is 18.9. The van der Waals surface area contributed by atoms with Crippen LogP contribution in [0.5, 0.6) is 0 Å². The summed E-state index contributed by atoms with van der Waals surface area (Å²) in [5.74, 6) is 0.0143. The molecule has 5 aliphatic carbocycles. The summed E-state index contributed by atoms with van der Waals surface area (Å²) in [6, 6.07) is -0.670. The molecule has 42 heavy (non-hydrogen) atoms. The van der Waals surface area contributed by atoms with Crippen molar-refractivity contribution in [3.8, 4) is 0 Å². The minimum Gasteiger partial charge on any atom is -0.461 e. The largest absolute Gasteiger partial charge is 0.461 e. The zero-order valence-corrected chi connectivity index (χ0v) is 27.7. The number of fused-ring (bicyclic) bond motifs is 2. The molecule has 2 unspecified atom stereocenters. The second-order valence-corrected chi connectivity index (χ2v) is 18.1. The van der Waals surface area contributed by atoms with E-state index in [9.17, 15) is 20.1 Å². The third kappa shape index (κ3) is 3.85. The van der Waals surface area contributed by atoms with Crippen molar-refractivity contribution >= 4 is 5.97 Å². The van der Waals surface area contributed by atoms with E-state index in [-0.39, 0.29) is 63.0 Å². The molecule has 0 amide bonds. The molecule has 0 bridgehead atoms. The van der Waals surface area contributed by atoms with Crippen molar-refractivity contribution in [1.82, 2.24) is 0 Å². The number of esters is 1. The van der Waals surface area contributed by atoms with E-state index in [1.807, 2.05) is 27.7 Å². The highest BCUT2D eigenvalue weighted by molar-refractivity contribution is 5.76. The lowest BCUT2D eigenvalue weighted by atomic mass is 9.41. The average molecular weight is 590 g/mol. The third-order valence-electron chi connectivity index (χ3n) is 15.0. The zero-order chi connectivity index (χ0) is 31.1. The first-order valence-corrected chi connectivity index (χ1v) is 16.9. The van der Waals surface area contributed by atoms with Crippen LogP contribution in [0.25, 0.3) is 0 Å². The first kappa shape index (κ1) is 31.3. The Hall–Kier alpha value is -0.730. The summed E-state index contributed by atoms with van der Waals surface area (Å²) in [5, 5.41) is 34.0. The molecule has 7 heteroatoms. The highest BCUT2D eigenvalue weighted by Gasteiger charge is 2.85. The molecule has 5 saturated carbocycles. The van der Waals surface area contributed by atoms with E-state index in [1.54, 1.807) is 0 Å². The van der Waals surface area contributed by atoms with Gasteiger partial charge in [-0.1, -0.05) is 41.5 Å². The third-order valence-corrected chi connectivity index (χ3v) is 15.0. The molecule has 0 aromatic rings. The van der Waals surface area contributed by atoms with Gasteiger partial charge in [-0.05, 0) is 117 Å². The number of carbonyl (C=O) groups excluding carboxylic acids is 1. The summed E-state index contributed by atoms with van der Waals surface area (Å²) in [5.41, 5.74) is 4.40. The Labute approximate surface area is 253 Å². The average Bonchev–Trinajstić information content (AvgIpc) is 3.24. The van der Waals surface area contributed by atoms with Gasteiger partial charge >= 0.3 is 5.97 Å². The Morgan fingerprint density at radius 3 is 2.21 bits per heavy atom. The summed E-state index contributed by atoms with van der Waals surface area (Å²) in [4.78, 5) is 13.4. The van der Waals surface area contributed by atoms with Gasteiger partial charge < -0.3 is 30.5 Å². The number of aliphatic hydroxyl groups excluding tert-OH is 2. The zero-order valence-electron chi connectivity index (χ0n) is 27.7. The SMILES string of the molecule is CC(C)[C@@H](N)C(=O)O[C@H]1CC2C3(CC[C@]4(C)[C@@H]([C@@]5(C)CC[C@@H](C(C)(C)O)O5)[C@@H](O)C[C@@]24C)C[C@@]32CC[C@H](O)C(C)(C)[C@H]12. The second kappa shape index (κ2) is 9.18. The van der Waals surface area contributed by atoms with Crippen molar-refractivity contribution in [1.29, 1.82) is 0 Å². The van der Waals surface area contributed by atoms with E-state index in [0.717, 1.165) is 51.4 Å². The molecular formula is C35H59NO6. The standard InChI is InChI=1S/C35H59NO6/c1-19(2)25(36)28(39)41-21-16-22-32(8)17-20(37)26(33(9)12-11-24(42-33)30(5,6)40)31(32,7)14-15-34(22)18-35(34)13-10-23(38)29(3,4)27(21)35/h19-27,37-38,40H,10-18,36H2,1-9H3/t20-,21-,22?,23-,24-,25+,26-,27-,31+,32-,33+,34?,35+/m0/s1. The fraction of sp³-hybridized carbons (Fsp3) is 0.971. The van der Waals surface area contributed by atoms with Crippen LogP contribution in [0.1, 0.15) is 120 Å². The monoisotopic (exact) mass is 589 g/mol. The van der Waals surface area contributed by atoms with Crippen molar-refractivity contribution in [2.45, 2.75) is 162 Å². The molecule has 1 heterocycles. The fourth-order valence-corrected chi connectivity index (χ4v) is 12.7. The molecule has 240 valence electrons. The normalized spacial score (nSPS) is 53.5. The molecule has 13 atom stereocenters. The van der Waals surface area contributed by atoms with Crippen LogP contribution >= 0.6 is 0 Å². The lowest BCUT2D eigenvalue weighted by molar-refractivity contribution is -0.221. The molecule has 2 spiro atoms. The Morgan fingerprint density at radius 2 is 1.62 bits per heavy atom. The van der Waals surface area contributed by atoms with Crippen molar-refractivity contribution < 1.29 is 29.6 Å². The molecule has 6 rings (SSSR count). The Balaban J connectivity index is 1.39. The summed E-state index contributed by atoms with van der Waals surface area (Å²) in [6.07, 6.45) is 6.64. The fourth-order valence-electron chi connectivity index (χ4n) is 12.7. The molecule has 7 nitrogen and oxygen atoms in total. The summed E-state index contributed by atoms with van der Waals surface area (Å²) < 4.78 is 13.2. The van der Waals surface area contributed by atoms with Gasteiger partial charge in [0, 0.05) is 11.8 Å². The van der Waals surface area contributed by atoms with Gasteiger partial charge in [-0.25, -0.2) is 0 Å². The van der Waals surface area contributed by atoms with E-state index in [0.29, 0.717) is 12.3 Å². The molecule has 1 aliphatic heterocycles. The number of aliphatic hydroxyl groups is 3. The number of carbonyl (C=O) groups is 1. The van der Waals surface area contributed by atoms with Gasteiger partial charge in [0.2, 0.25) is 0 Å². The minimum absolute atomic E-state index is 0.0128. The van der Waals surface area contributed by atoms with Crippen molar-refractivity contribution in [3.63, 3.8) is 0 Å².